The molecule has 1 aliphatic rings. The first-order valence-corrected chi connectivity index (χ1v) is 13.3. The Morgan fingerprint density at radius 3 is 2.57 bits per heavy atom. The number of nitrogens with one attached hydrogen (secondary N) is 2. The van der Waals surface area contributed by atoms with Gasteiger partial charge in [-0.25, -0.2) is 8.42 Å². The Kier molecular flexibility index (Phi) is 7.56. The maximum Gasteiger partial charge on any atom is 0.241 e. The Morgan fingerprint density at radius 1 is 1.14 bits per heavy atom. The van der Waals surface area contributed by atoms with Crippen LogP contribution in [-0.4, -0.2) is 20.7 Å². The fourth-order valence-corrected chi connectivity index (χ4v) is 5.97. The molecule has 1 heterocycles. The number of nitrogens with zero attached hydrogens (tertiary/aromatic N) is 1. The zero-order valence-corrected chi connectivity index (χ0v) is 21.6. The number of benzene rings is 3. The lowest BCUT2D eigenvalue weighted by molar-refractivity contribution is 0.340. The second-order valence-corrected chi connectivity index (χ2v) is 10.8. The van der Waals surface area contributed by atoms with E-state index in [9.17, 15) is 8.42 Å². The molecular formula is C25H26Cl2N4O3S. The molecule has 0 aliphatic carbocycles. The van der Waals surface area contributed by atoms with Gasteiger partial charge in [0.15, 0.2) is 0 Å². The van der Waals surface area contributed by atoms with Crippen molar-refractivity contribution in [2.45, 2.75) is 37.2 Å². The number of anilines is 1. The minimum Gasteiger partial charge on any atom is -0.494 e. The predicted octanol–water partition coefficient (Wildman–Crippen LogP) is 5.39. The van der Waals surface area contributed by atoms with Gasteiger partial charge < -0.3 is 15.9 Å². The van der Waals surface area contributed by atoms with E-state index in [4.69, 9.17) is 33.7 Å². The van der Waals surface area contributed by atoms with Gasteiger partial charge in [-0.2, -0.15) is 9.82 Å². The van der Waals surface area contributed by atoms with Crippen molar-refractivity contribution in [2.75, 3.05) is 12.3 Å². The number of sulfonamides is 1. The van der Waals surface area contributed by atoms with Crippen LogP contribution < -0.4 is 20.6 Å². The number of rotatable bonds is 8. The van der Waals surface area contributed by atoms with Crippen LogP contribution in [0.3, 0.4) is 0 Å². The molecule has 2 unspecified atom stereocenters. The molecule has 0 fully saturated rings. The van der Waals surface area contributed by atoms with E-state index in [2.05, 4.69) is 15.2 Å². The summed E-state index contributed by atoms with van der Waals surface area (Å²) < 4.78 is 35.2. The average Bonchev–Trinajstić information content (AvgIpc) is 3.30. The Labute approximate surface area is 215 Å². The number of aryl methyl sites for hydroxylation is 1. The molecular weight excluding hydrogens is 507 g/mol. The third-order valence-electron chi connectivity index (χ3n) is 5.75. The van der Waals surface area contributed by atoms with E-state index in [0.717, 1.165) is 11.3 Å². The Balaban J connectivity index is 1.66. The summed E-state index contributed by atoms with van der Waals surface area (Å²) in [6.07, 6.45) is 0.468. The molecule has 184 valence electrons. The quantitative estimate of drug-likeness (QED) is 0.337. The first-order chi connectivity index (χ1) is 16.7. The van der Waals surface area contributed by atoms with Crippen molar-refractivity contribution in [1.29, 1.82) is 0 Å². The van der Waals surface area contributed by atoms with Gasteiger partial charge in [0.05, 0.1) is 29.3 Å². The van der Waals surface area contributed by atoms with Gasteiger partial charge in [-0.3, -0.25) is 0 Å². The number of halogens is 2. The van der Waals surface area contributed by atoms with E-state index >= 15 is 0 Å². The summed E-state index contributed by atoms with van der Waals surface area (Å²) in [5.74, 6) is 0.784. The van der Waals surface area contributed by atoms with Crippen LogP contribution in [0.25, 0.3) is 0 Å². The van der Waals surface area contributed by atoms with Crippen LogP contribution in [0.4, 0.5) is 5.69 Å². The van der Waals surface area contributed by atoms with E-state index in [1.54, 1.807) is 37.3 Å². The second-order valence-electron chi connectivity index (χ2n) is 8.24. The van der Waals surface area contributed by atoms with E-state index in [-0.39, 0.29) is 10.9 Å². The fourth-order valence-electron chi connectivity index (χ4n) is 3.97. The van der Waals surface area contributed by atoms with Crippen LogP contribution in [0.2, 0.25) is 10.0 Å². The Bertz CT molecular complexity index is 1360. The van der Waals surface area contributed by atoms with Crippen molar-refractivity contribution in [1.82, 2.24) is 10.1 Å². The molecule has 2 atom stereocenters. The molecule has 1 aliphatic heterocycles. The molecule has 7 nitrogen and oxygen atoms in total. The van der Waals surface area contributed by atoms with Crippen LogP contribution in [0.1, 0.15) is 42.1 Å². The lowest BCUT2D eigenvalue weighted by Crippen LogP contribution is -2.34. The van der Waals surface area contributed by atoms with Gasteiger partial charge in [0, 0.05) is 22.2 Å². The molecule has 35 heavy (non-hydrogen) atoms. The topological polar surface area (TPSA) is 106 Å². The highest BCUT2D eigenvalue weighted by molar-refractivity contribution is 7.89. The van der Waals surface area contributed by atoms with Crippen LogP contribution in [0, 0.1) is 6.92 Å². The number of nitrogens with two attached hydrogens (primary N) is 1. The molecule has 0 spiro atoms. The number of hydrogen-bond acceptors (Lipinski definition) is 6. The van der Waals surface area contributed by atoms with Gasteiger partial charge in [0.1, 0.15) is 5.75 Å². The van der Waals surface area contributed by atoms with Gasteiger partial charge in [-0.15, -0.1) is 0 Å². The van der Waals surface area contributed by atoms with Crippen molar-refractivity contribution in [3.8, 4) is 5.75 Å². The first-order valence-electron chi connectivity index (χ1n) is 11.1. The monoisotopic (exact) mass is 532 g/mol. The summed E-state index contributed by atoms with van der Waals surface area (Å²) in [5, 5.41) is 5.29. The number of ether oxygens (including phenoxy) is 1. The minimum atomic E-state index is -3.97. The maximum atomic E-state index is 13.4. The molecule has 0 saturated carbocycles. The highest BCUT2D eigenvalue weighted by Gasteiger charge is 2.33. The van der Waals surface area contributed by atoms with E-state index in [1.165, 1.54) is 6.07 Å². The molecule has 0 aromatic heterocycles. The van der Waals surface area contributed by atoms with Gasteiger partial charge in [0.2, 0.25) is 10.0 Å². The normalized spacial score (nSPS) is 16.5. The van der Waals surface area contributed by atoms with E-state index < -0.39 is 16.1 Å². The largest absolute Gasteiger partial charge is 0.494 e. The Hall–Kier alpha value is -2.78. The van der Waals surface area contributed by atoms with Crippen molar-refractivity contribution in [3.05, 3.63) is 87.4 Å². The summed E-state index contributed by atoms with van der Waals surface area (Å²) in [4.78, 5) is 0.0993. The number of hydrazone groups is 1. The van der Waals surface area contributed by atoms with Crippen LogP contribution in [0.5, 0.6) is 5.75 Å². The summed E-state index contributed by atoms with van der Waals surface area (Å²) >= 11 is 12.6. The highest BCUT2D eigenvalue weighted by atomic mass is 35.5. The van der Waals surface area contributed by atoms with Crippen molar-refractivity contribution < 1.29 is 13.2 Å². The summed E-state index contributed by atoms with van der Waals surface area (Å²) in [6, 6.07) is 16.5. The van der Waals surface area contributed by atoms with Gasteiger partial charge in [-0.05, 0) is 66.9 Å². The maximum absolute atomic E-state index is 13.4. The van der Waals surface area contributed by atoms with Gasteiger partial charge in [0.25, 0.3) is 0 Å². The molecule has 10 heteroatoms. The van der Waals surface area contributed by atoms with Gasteiger partial charge >= 0.3 is 0 Å². The lowest BCUT2D eigenvalue weighted by atomic mass is 9.96. The molecule has 4 rings (SSSR count). The first kappa shape index (κ1) is 25.3. The predicted molar refractivity (Wildman–Crippen MR) is 141 cm³/mol. The van der Waals surface area contributed by atoms with Crippen LogP contribution in [0.15, 0.2) is 70.7 Å². The Morgan fingerprint density at radius 2 is 1.89 bits per heavy atom. The number of hydrogen-bond donors (Lipinski definition) is 3. The van der Waals surface area contributed by atoms with Gasteiger partial charge in [-0.1, -0.05) is 47.5 Å². The molecule has 0 saturated heterocycles. The van der Waals surface area contributed by atoms with Crippen molar-refractivity contribution >= 4 is 44.6 Å². The lowest BCUT2D eigenvalue weighted by Gasteiger charge is -2.21. The zero-order chi connectivity index (χ0) is 25.2. The minimum absolute atomic E-state index is 0.0993. The summed E-state index contributed by atoms with van der Waals surface area (Å²) in [6.45, 7) is 4.24. The highest BCUT2D eigenvalue weighted by Crippen LogP contribution is 2.34. The third kappa shape index (κ3) is 5.73. The smallest absolute Gasteiger partial charge is 0.241 e. The standard InChI is InChI=1S/C25H26Cl2N4O3S/c1-3-34-19-9-5-16(6-10-19)22-14-23(30-29-22)25(20-11-7-17(26)12-21(20)27)31-35(32,33)24-13-18(28)8-4-15(24)2/h4-13,22,25,29,31H,3,14,28H2,1-2H3. The fraction of sp³-hybridized carbons (Fsp3) is 0.240. The second kappa shape index (κ2) is 10.5. The van der Waals surface area contributed by atoms with Crippen LogP contribution >= 0.6 is 23.2 Å². The summed E-state index contributed by atoms with van der Waals surface area (Å²) in [7, 11) is -3.97. The molecule has 0 radical (unpaired) electrons. The SMILES string of the molecule is CCOc1ccc(C2CC(C(NS(=O)(=O)c3cc(N)ccc3C)c3ccc(Cl)cc3Cl)=NN2)cc1. The molecule has 0 amide bonds. The third-order valence-corrected chi connectivity index (χ3v) is 7.88. The summed E-state index contributed by atoms with van der Waals surface area (Å²) in [5.41, 5.74) is 12.1. The van der Waals surface area contributed by atoms with Crippen molar-refractivity contribution in [2.24, 2.45) is 5.10 Å². The average molecular weight is 533 g/mol. The zero-order valence-electron chi connectivity index (χ0n) is 19.3. The molecule has 0 bridgehead atoms. The molecule has 3 aromatic carbocycles. The van der Waals surface area contributed by atoms with Crippen molar-refractivity contribution in [3.63, 3.8) is 0 Å². The van der Waals surface area contributed by atoms with E-state index in [0.29, 0.717) is 45.6 Å². The molecule has 4 N–H and O–H groups in total. The van der Waals surface area contributed by atoms with Crippen LogP contribution in [-0.2, 0) is 10.0 Å². The molecule has 3 aromatic rings. The number of nitrogen functional groups attached to an aromatic ring is 1. The van der Waals surface area contributed by atoms with E-state index in [1.807, 2.05) is 31.2 Å².